The van der Waals surface area contributed by atoms with Crippen LogP contribution >= 0.6 is 11.3 Å². The quantitative estimate of drug-likeness (QED) is 0.877. The second kappa shape index (κ2) is 5.43. The van der Waals surface area contributed by atoms with Crippen LogP contribution in [0.25, 0.3) is 0 Å². The van der Waals surface area contributed by atoms with Gasteiger partial charge in [0.2, 0.25) is 10.0 Å². The Kier molecular flexibility index (Phi) is 4.47. The van der Waals surface area contributed by atoms with Crippen molar-refractivity contribution in [1.29, 1.82) is 5.26 Å². The Bertz CT molecular complexity index is 485. The Balaban J connectivity index is 2.75. The molecule has 1 aromatic heterocycles. The molecule has 1 N–H and O–H groups in total. The first-order chi connectivity index (χ1) is 7.49. The molecule has 0 spiro atoms. The fourth-order valence-corrected chi connectivity index (χ4v) is 3.30. The predicted molar refractivity (Wildman–Crippen MR) is 63.7 cm³/mol. The van der Waals surface area contributed by atoms with E-state index in [1.54, 1.807) is 0 Å². The van der Waals surface area contributed by atoms with Gasteiger partial charge in [-0.25, -0.2) is 13.1 Å². The Morgan fingerprint density at radius 1 is 1.56 bits per heavy atom. The van der Waals surface area contributed by atoms with E-state index in [2.05, 4.69) is 4.72 Å². The molecule has 0 fully saturated rings. The third kappa shape index (κ3) is 3.30. The molecule has 88 valence electrons. The van der Waals surface area contributed by atoms with E-state index in [0.29, 0.717) is 17.3 Å². The van der Waals surface area contributed by atoms with Crippen molar-refractivity contribution < 1.29 is 8.42 Å². The van der Waals surface area contributed by atoms with E-state index < -0.39 is 10.0 Å². The highest BCUT2D eigenvalue weighted by Crippen LogP contribution is 2.20. The molecule has 1 heterocycles. The predicted octanol–water partition coefficient (Wildman–Crippen LogP) is 1.94. The second-order valence-corrected chi connectivity index (χ2v) is 6.67. The molecule has 0 saturated heterocycles. The molecule has 1 atom stereocenters. The average Bonchev–Trinajstić information content (AvgIpc) is 2.75. The van der Waals surface area contributed by atoms with Crippen molar-refractivity contribution in [3.8, 4) is 6.07 Å². The highest BCUT2D eigenvalue weighted by atomic mass is 32.2. The molecule has 0 amide bonds. The zero-order chi connectivity index (χ0) is 12.2. The maximum atomic E-state index is 11.8. The number of sulfonamides is 1. The van der Waals surface area contributed by atoms with Gasteiger partial charge in [-0.2, -0.15) is 5.26 Å². The van der Waals surface area contributed by atoms with E-state index in [1.165, 1.54) is 12.1 Å². The van der Waals surface area contributed by atoms with Gasteiger partial charge < -0.3 is 0 Å². The summed E-state index contributed by atoms with van der Waals surface area (Å²) < 4.78 is 26.3. The lowest BCUT2D eigenvalue weighted by Crippen LogP contribution is -2.27. The van der Waals surface area contributed by atoms with Crippen molar-refractivity contribution in [2.75, 3.05) is 6.54 Å². The first-order valence-corrected chi connectivity index (χ1v) is 7.29. The monoisotopic (exact) mass is 258 g/mol. The van der Waals surface area contributed by atoms with E-state index in [-0.39, 0.29) is 4.21 Å². The van der Waals surface area contributed by atoms with Crippen molar-refractivity contribution in [3.05, 3.63) is 17.0 Å². The maximum Gasteiger partial charge on any atom is 0.250 e. The van der Waals surface area contributed by atoms with Crippen LogP contribution in [0.1, 0.15) is 25.1 Å². The lowest BCUT2D eigenvalue weighted by atomic mass is 10.1. The smallest absolute Gasteiger partial charge is 0.210 e. The van der Waals surface area contributed by atoms with Gasteiger partial charge >= 0.3 is 0 Å². The van der Waals surface area contributed by atoms with Gasteiger partial charge in [-0.3, -0.25) is 0 Å². The first kappa shape index (κ1) is 13.2. The van der Waals surface area contributed by atoms with Gasteiger partial charge in [0.1, 0.15) is 15.2 Å². The lowest BCUT2D eigenvalue weighted by molar-refractivity contribution is 0.529. The van der Waals surface area contributed by atoms with Crippen molar-refractivity contribution >= 4 is 21.4 Å². The summed E-state index contributed by atoms with van der Waals surface area (Å²) >= 11 is 0.988. The number of nitriles is 1. The number of nitrogens with one attached hydrogen (secondary N) is 1. The summed E-state index contributed by atoms with van der Waals surface area (Å²) in [5.41, 5.74) is 0. The molecule has 0 aliphatic heterocycles. The SMILES string of the molecule is CCC(C)CNS(=O)(=O)c1ccc(C#N)s1. The van der Waals surface area contributed by atoms with Gasteiger partial charge in [-0.1, -0.05) is 20.3 Å². The van der Waals surface area contributed by atoms with Gasteiger partial charge in [-0.15, -0.1) is 11.3 Å². The van der Waals surface area contributed by atoms with Crippen LogP contribution in [-0.2, 0) is 10.0 Å². The molecule has 0 aromatic carbocycles. The number of thiophene rings is 1. The first-order valence-electron chi connectivity index (χ1n) is 4.99. The number of nitrogens with zero attached hydrogens (tertiary/aromatic N) is 1. The Morgan fingerprint density at radius 3 is 2.75 bits per heavy atom. The van der Waals surface area contributed by atoms with Crippen molar-refractivity contribution in [1.82, 2.24) is 4.72 Å². The summed E-state index contributed by atoms with van der Waals surface area (Å²) in [5.74, 6) is 0.310. The van der Waals surface area contributed by atoms with Crippen LogP contribution in [-0.4, -0.2) is 15.0 Å². The third-order valence-corrected chi connectivity index (χ3v) is 5.18. The Morgan fingerprint density at radius 2 is 2.25 bits per heavy atom. The molecule has 0 saturated carbocycles. The minimum Gasteiger partial charge on any atom is -0.210 e. The van der Waals surface area contributed by atoms with E-state index in [0.717, 1.165) is 17.8 Å². The lowest BCUT2D eigenvalue weighted by Gasteiger charge is -2.09. The maximum absolute atomic E-state index is 11.8. The molecule has 1 aromatic rings. The molecule has 1 unspecified atom stereocenters. The summed E-state index contributed by atoms with van der Waals surface area (Å²) in [6.07, 6.45) is 0.927. The van der Waals surface area contributed by atoms with Gasteiger partial charge in [0.25, 0.3) is 0 Å². The fraction of sp³-hybridized carbons (Fsp3) is 0.500. The highest BCUT2D eigenvalue weighted by Gasteiger charge is 2.17. The van der Waals surface area contributed by atoms with Gasteiger partial charge in [-0.05, 0) is 18.1 Å². The Hall–Kier alpha value is -0.900. The van der Waals surface area contributed by atoms with Crippen LogP contribution in [0, 0.1) is 17.2 Å². The van der Waals surface area contributed by atoms with Crippen LogP contribution < -0.4 is 4.72 Å². The summed E-state index contributed by atoms with van der Waals surface area (Å²) in [6.45, 7) is 4.42. The molecule has 0 aliphatic carbocycles. The second-order valence-electron chi connectivity index (χ2n) is 3.60. The van der Waals surface area contributed by atoms with E-state index >= 15 is 0 Å². The normalized spacial score (nSPS) is 13.3. The standard InChI is InChI=1S/C10H14N2O2S2/c1-3-8(2)7-12-16(13,14)10-5-4-9(6-11)15-10/h4-5,8,12H,3,7H2,1-2H3. The van der Waals surface area contributed by atoms with Crippen LogP contribution in [0.5, 0.6) is 0 Å². The molecule has 0 aliphatic rings. The van der Waals surface area contributed by atoms with E-state index in [4.69, 9.17) is 5.26 Å². The van der Waals surface area contributed by atoms with Crippen LogP contribution in [0.3, 0.4) is 0 Å². The summed E-state index contributed by atoms with van der Waals surface area (Å²) in [7, 11) is -3.44. The third-order valence-electron chi connectivity index (χ3n) is 2.28. The van der Waals surface area contributed by atoms with E-state index in [1.807, 2.05) is 19.9 Å². The number of rotatable bonds is 5. The summed E-state index contributed by atoms with van der Waals surface area (Å²) in [5, 5.41) is 8.62. The molecule has 6 heteroatoms. The average molecular weight is 258 g/mol. The van der Waals surface area contributed by atoms with Gasteiger partial charge in [0, 0.05) is 6.54 Å². The zero-order valence-electron chi connectivity index (χ0n) is 9.23. The van der Waals surface area contributed by atoms with Crippen LogP contribution in [0.2, 0.25) is 0 Å². The van der Waals surface area contributed by atoms with Crippen molar-refractivity contribution in [3.63, 3.8) is 0 Å². The molecule has 0 bridgehead atoms. The van der Waals surface area contributed by atoms with Crippen LogP contribution in [0.4, 0.5) is 0 Å². The minimum atomic E-state index is -3.44. The summed E-state index contributed by atoms with van der Waals surface area (Å²) in [4.78, 5) is 0.406. The van der Waals surface area contributed by atoms with Gasteiger partial charge in [0.05, 0.1) is 0 Å². The Labute approximate surface area is 100.0 Å². The molecule has 4 nitrogen and oxygen atoms in total. The fourth-order valence-electron chi connectivity index (χ4n) is 0.992. The number of hydrogen-bond donors (Lipinski definition) is 1. The van der Waals surface area contributed by atoms with Crippen molar-refractivity contribution in [2.24, 2.45) is 5.92 Å². The molecular formula is C10H14N2O2S2. The molecule has 0 radical (unpaired) electrons. The molecular weight excluding hydrogens is 244 g/mol. The zero-order valence-corrected chi connectivity index (χ0v) is 10.9. The summed E-state index contributed by atoms with van der Waals surface area (Å²) in [6, 6.07) is 4.90. The highest BCUT2D eigenvalue weighted by molar-refractivity contribution is 7.91. The largest absolute Gasteiger partial charge is 0.250 e. The molecule has 1 rings (SSSR count). The van der Waals surface area contributed by atoms with Gasteiger partial charge in [0.15, 0.2) is 0 Å². The topological polar surface area (TPSA) is 70.0 Å². The van der Waals surface area contributed by atoms with Crippen LogP contribution in [0.15, 0.2) is 16.3 Å². The molecule has 16 heavy (non-hydrogen) atoms. The number of hydrogen-bond acceptors (Lipinski definition) is 4. The van der Waals surface area contributed by atoms with Crippen molar-refractivity contribution in [2.45, 2.75) is 24.5 Å². The minimum absolute atomic E-state index is 0.201. The van der Waals surface area contributed by atoms with E-state index in [9.17, 15) is 8.42 Å².